The molecule has 18 heavy (non-hydrogen) atoms. The molecule has 0 amide bonds. The lowest BCUT2D eigenvalue weighted by atomic mass is 9.91. The Balaban J connectivity index is 5.22. The summed E-state index contributed by atoms with van der Waals surface area (Å²) in [4.78, 5) is 23.2. The highest BCUT2D eigenvalue weighted by atomic mass is 16.5. The van der Waals surface area contributed by atoms with E-state index in [0.29, 0.717) is 12.3 Å². The quantitative estimate of drug-likeness (QED) is 0.560. The number of carbonyl (C=O) groups excluding carboxylic acids is 2. The molecule has 0 aromatic carbocycles. The summed E-state index contributed by atoms with van der Waals surface area (Å²) >= 11 is 0. The first-order chi connectivity index (χ1) is 8.29. The third kappa shape index (κ3) is 5.84. The third-order valence-electron chi connectivity index (χ3n) is 2.36. The standard InChI is InChI=1S/C14H25NO3/c1-7-18-14(17)13(9(2)3)12(8-11(6)16)15-10(4)5/h8-10,13,15H,7H2,1-6H3/b12-8-. The van der Waals surface area contributed by atoms with Gasteiger partial charge in [0.1, 0.15) is 0 Å². The molecule has 0 heterocycles. The van der Waals surface area contributed by atoms with E-state index in [1.54, 1.807) is 6.92 Å². The largest absolute Gasteiger partial charge is 0.465 e. The van der Waals surface area contributed by atoms with Gasteiger partial charge in [-0.2, -0.15) is 0 Å². The summed E-state index contributed by atoms with van der Waals surface area (Å²) in [6.45, 7) is 11.4. The first kappa shape index (κ1) is 16.7. The average Bonchev–Trinajstić information content (AvgIpc) is 2.14. The maximum absolute atomic E-state index is 12.0. The summed E-state index contributed by atoms with van der Waals surface area (Å²) in [6.07, 6.45) is 1.49. The van der Waals surface area contributed by atoms with Crippen molar-refractivity contribution in [1.82, 2.24) is 5.32 Å². The number of allylic oxidation sites excluding steroid dienone is 1. The van der Waals surface area contributed by atoms with Crippen LogP contribution in [0.3, 0.4) is 0 Å². The molecule has 0 radical (unpaired) electrons. The summed E-state index contributed by atoms with van der Waals surface area (Å²) in [5, 5.41) is 3.17. The van der Waals surface area contributed by atoms with Crippen LogP contribution < -0.4 is 5.32 Å². The van der Waals surface area contributed by atoms with Gasteiger partial charge in [-0.1, -0.05) is 13.8 Å². The number of hydrogen-bond acceptors (Lipinski definition) is 4. The second-order valence-corrected chi connectivity index (χ2v) is 4.98. The van der Waals surface area contributed by atoms with Gasteiger partial charge in [-0.15, -0.1) is 0 Å². The first-order valence-corrected chi connectivity index (χ1v) is 6.44. The summed E-state index contributed by atoms with van der Waals surface area (Å²) in [5.41, 5.74) is 0.644. The van der Waals surface area contributed by atoms with Crippen molar-refractivity contribution in [2.45, 2.75) is 47.6 Å². The smallest absolute Gasteiger partial charge is 0.315 e. The molecule has 1 atom stereocenters. The highest BCUT2D eigenvalue weighted by Crippen LogP contribution is 2.21. The van der Waals surface area contributed by atoms with E-state index in [4.69, 9.17) is 4.74 Å². The monoisotopic (exact) mass is 255 g/mol. The number of ketones is 1. The Bertz CT molecular complexity index is 319. The molecule has 0 rings (SSSR count). The molecule has 0 aliphatic carbocycles. The fourth-order valence-corrected chi connectivity index (χ4v) is 1.76. The van der Waals surface area contributed by atoms with Gasteiger partial charge in [-0.05, 0) is 33.6 Å². The first-order valence-electron chi connectivity index (χ1n) is 6.44. The number of nitrogens with one attached hydrogen (secondary N) is 1. The molecule has 0 fully saturated rings. The van der Waals surface area contributed by atoms with Crippen LogP contribution in [0.2, 0.25) is 0 Å². The summed E-state index contributed by atoms with van der Waals surface area (Å²) in [5.74, 6) is -0.710. The average molecular weight is 255 g/mol. The molecular weight excluding hydrogens is 230 g/mol. The highest BCUT2D eigenvalue weighted by molar-refractivity contribution is 5.89. The van der Waals surface area contributed by atoms with Crippen molar-refractivity contribution < 1.29 is 14.3 Å². The van der Waals surface area contributed by atoms with Crippen LogP contribution in [0.4, 0.5) is 0 Å². The van der Waals surface area contributed by atoms with Gasteiger partial charge in [0.15, 0.2) is 5.78 Å². The molecule has 0 spiro atoms. The minimum absolute atomic E-state index is 0.0703. The van der Waals surface area contributed by atoms with Crippen molar-refractivity contribution in [2.75, 3.05) is 6.61 Å². The molecule has 0 aliphatic rings. The SMILES string of the molecule is CCOC(=O)C(/C(=C/C(C)=O)NC(C)C)C(C)C. The fraction of sp³-hybridized carbons (Fsp3) is 0.714. The molecule has 4 heteroatoms. The second kappa shape index (κ2) is 7.90. The van der Waals surface area contributed by atoms with Gasteiger partial charge >= 0.3 is 5.97 Å². The maximum atomic E-state index is 12.0. The molecule has 0 aromatic heterocycles. The van der Waals surface area contributed by atoms with Crippen LogP contribution >= 0.6 is 0 Å². The Labute approximate surface area is 110 Å². The molecule has 1 unspecified atom stereocenters. The number of rotatable bonds is 7. The lowest BCUT2D eigenvalue weighted by Gasteiger charge is -2.25. The molecule has 4 nitrogen and oxygen atoms in total. The van der Waals surface area contributed by atoms with Gasteiger partial charge < -0.3 is 10.1 Å². The number of ether oxygens (including phenoxy) is 1. The molecule has 1 N–H and O–H groups in total. The summed E-state index contributed by atoms with van der Waals surface area (Å²) < 4.78 is 5.08. The van der Waals surface area contributed by atoms with Crippen molar-refractivity contribution in [2.24, 2.45) is 11.8 Å². The Morgan fingerprint density at radius 2 is 1.78 bits per heavy atom. The van der Waals surface area contributed by atoms with E-state index >= 15 is 0 Å². The molecule has 0 bridgehead atoms. The zero-order valence-corrected chi connectivity index (χ0v) is 12.2. The van der Waals surface area contributed by atoms with Crippen molar-refractivity contribution in [3.63, 3.8) is 0 Å². The molecule has 104 valence electrons. The number of hydrogen-bond donors (Lipinski definition) is 1. The predicted molar refractivity (Wildman–Crippen MR) is 72.0 cm³/mol. The van der Waals surface area contributed by atoms with Gasteiger partial charge in [0.05, 0.1) is 12.5 Å². The van der Waals surface area contributed by atoms with Crippen LogP contribution in [-0.2, 0) is 14.3 Å². The molecular formula is C14H25NO3. The normalized spacial score (nSPS) is 13.7. The maximum Gasteiger partial charge on any atom is 0.315 e. The van der Waals surface area contributed by atoms with Crippen molar-refractivity contribution in [3.05, 3.63) is 11.8 Å². The van der Waals surface area contributed by atoms with E-state index in [1.807, 2.05) is 27.7 Å². The highest BCUT2D eigenvalue weighted by Gasteiger charge is 2.28. The lowest BCUT2D eigenvalue weighted by Crippen LogP contribution is -2.35. The van der Waals surface area contributed by atoms with E-state index in [2.05, 4.69) is 5.32 Å². The van der Waals surface area contributed by atoms with Gasteiger partial charge in [0.2, 0.25) is 0 Å². The van der Waals surface area contributed by atoms with E-state index in [1.165, 1.54) is 13.0 Å². The number of esters is 1. The van der Waals surface area contributed by atoms with Gasteiger partial charge in [0.25, 0.3) is 0 Å². The number of carbonyl (C=O) groups is 2. The Morgan fingerprint density at radius 1 is 1.22 bits per heavy atom. The fourth-order valence-electron chi connectivity index (χ4n) is 1.76. The van der Waals surface area contributed by atoms with Crippen LogP contribution in [-0.4, -0.2) is 24.4 Å². The van der Waals surface area contributed by atoms with Crippen LogP contribution in [0, 0.1) is 11.8 Å². The van der Waals surface area contributed by atoms with Crippen LogP contribution in [0.1, 0.15) is 41.5 Å². The van der Waals surface area contributed by atoms with Crippen molar-refractivity contribution >= 4 is 11.8 Å². The van der Waals surface area contributed by atoms with E-state index in [9.17, 15) is 9.59 Å². The van der Waals surface area contributed by atoms with Crippen LogP contribution in [0.5, 0.6) is 0 Å². The minimum atomic E-state index is -0.420. The van der Waals surface area contributed by atoms with Gasteiger partial charge in [-0.3, -0.25) is 9.59 Å². The van der Waals surface area contributed by atoms with Crippen LogP contribution in [0.15, 0.2) is 11.8 Å². The molecule has 0 saturated carbocycles. The van der Waals surface area contributed by atoms with Gasteiger partial charge in [-0.25, -0.2) is 0 Å². The Hall–Kier alpha value is -1.32. The van der Waals surface area contributed by atoms with Crippen molar-refractivity contribution in [3.8, 4) is 0 Å². The zero-order chi connectivity index (χ0) is 14.3. The third-order valence-corrected chi connectivity index (χ3v) is 2.36. The zero-order valence-electron chi connectivity index (χ0n) is 12.2. The summed E-state index contributed by atoms with van der Waals surface area (Å²) in [6, 6.07) is 0.159. The lowest BCUT2D eigenvalue weighted by molar-refractivity contribution is -0.148. The van der Waals surface area contributed by atoms with E-state index in [0.717, 1.165) is 0 Å². The van der Waals surface area contributed by atoms with Gasteiger partial charge in [0, 0.05) is 17.8 Å². The molecule has 0 aromatic rings. The summed E-state index contributed by atoms with van der Waals surface area (Å²) in [7, 11) is 0. The Kier molecular flexibility index (Phi) is 7.32. The predicted octanol–water partition coefficient (Wildman–Crippen LogP) is 2.29. The van der Waals surface area contributed by atoms with E-state index in [-0.39, 0.29) is 23.7 Å². The topological polar surface area (TPSA) is 55.4 Å². The van der Waals surface area contributed by atoms with E-state index < -0.39 is 5.92 Å². The second-order valence-electron chi connectivity index (χ2n) is 4.98. The van der Waals surface area contributed by atoms with Crippen molar-refractivity contribution in [1.29, 1.82) is 0 Å². The Morgan fingerprint density at radius 3 is 2.11 bits per heavy atom. The molecule has 0 aliphatic heterocycles. The minimum Gasteiger partial charge on any atom is -0.465 e. The van der Waals surface area contributed by atoms with Crippen LogP contribution in [0.25, 0.3) is 0 Å². The molecule has 0 saturated heterocycles.